The molecule has 0 heterocycles. The van der Waals surface area contributed by atoms with E-state index in [1.54, 1.807) is 0 Å². The van der Waals surface area contributed by atoms with Crippen molar-refractivity contribution >= 4 is 18.0 Å². The molecule has 3 rings (SSSR count). The molecule has 33 heavy (non-hydrogen) atoms. The average Bonchev–Trinajstić information content (AvgIpc) is 3.09. The van der Waals surface area contributed by atoms with Gasteiger partial charge in [0.2, 0.25) is 5.91 Å². The van der Waals surface area contributed by atoms with Gasteiger partial charge in [-0.2, -0.15) is 0 Å². The number of nitrogens with one attached hydrogen (secondary N) is 1. The van der Waals surface area contributed by atoms with Gasteiger partial charge in [-0.25, -0.2) is 4.79 Å². The Bertz CT molecular complexity index is 1040. The van der Waals surface area contributed by atoms with Crippen molar-refractivity contribution in [3.8, 4) is 23.5 Å². The number of amides is 2. The molecule has 0 saturated heterocycles. The van der Waals surface area contributed by atoms with Crippen LogP contribution in [0.25, 0.3) is 11.1 Å². The first kappa shape index (κ1) is 23.9. The highest BCUT2D eigenvalue weighted by Gasteiger charge is 2.30. The summed E-state index contributed by atoms with van der Waals surface area (Å²) in [4.78, 5) is 37.0. The van der Waals surface area contributed by atoms with Gasteiger partial charge in [0.05, 0.1) is 6.54 Å². The van der Waals surface area contributed by atoms with Crippen LogP contribution in [0.4, 0.5) is 4.79 Å². The van der Waals surface area contributed by atoms with Gasteiger partial charge in [-0.1, -0.05) is 68.3 Å². The summed E-state index contributed by atoms with van der Waals surface area (Å²) in [5.41, 5.74) is 3.95. The zero-order valence-corrected chi connectivity index (χ0v) is 18.8. The van der Waals surface area contributed by atoms with E-state index >= 15 is 0 Å². The second-order valence-corrected chi connectivity index (χ2v) is 8.87. The molecule has 1 aliphatic rings. The number of fused-ring (bicyclic) bond motifs is 3. The maximum atomic E-state index is 12.5. The maximum Gasteiger partial charge on any atom is 0.407 e. The van der Waals surface area contributed by atoms with E-state index in [-0.39, 0.29) is 37.9 Å². The number of terminal acetylenes is 1. The Morgan fingerprint density at radius 3 is 2.21 bits per heavy atom. The van der Waals surface area contributed by atoms with Crippen LogP contribution in [-0.2, 0) is 14.3 Å². The van der Waals surface area contributed by atoms with Crippen molar-refractivity contribution < 1.29 is 24.2 Å². The third-order valence-electron chi connectivity index (χ3n) is 5.65. The van der Waals surface area contributed by atoms with Crippen LogP contribution in [0, 0.1) is 17.8 Å². The minimum Gasteiger partial charge on any atom is -0.480 e. The Labute approximate surface area is 193 Å². The zero-order chi connectivity index (χ0) is 24.0. The summed E-state index contributed by atoms with van der Waals surface area (Å²) in [6, 6.07) is 16.2. The topological polar surface area (TPSA) is 95.9 Å². The van der Waals surface area contributed by atoms with Crippen molar-refractivity contribution in [1.29, 1.82) is 0 Å². The van der Waals surface area contributed by atoms with E-state index in [9.17, 15) is 14.4 Å². The Morgan fingerprint density at radius 2 is 1.67 bits per heavy atom. The van der Waals surface area contributed by atoms with Crippen LogP contribution in [0.15, 0.2) is 48.5 Å². The number of benzene rings is 2. The van der Waals surface area contributed by atoms with Crippen molar-refractivity contribution in [2.75, 3.05) is 26.2 Å². The van der Waals surface area contributed by atoms with Gasteiger partial charge in [-0.05, 0) is 27.7 Å². The average molecular weight is 449 g/mol. The number of carboxylic acids is 1. The largest absolute Gasteiger partial charge is 0.480 e. The second-order valence-electron chi connectivity index (χ2n) is 8.87. The molecule has 0 aliphatic heterocycles. The van der Waals surface area contributed by atoms with Gasteiger partial charge in [0.15, 0.2) is 0 Å². The van der Waals surface area contributed by atoms with E-state index in [0.717, 1.165) is 27.2 Å². The summed E-state index contributed by atoms with van der Waals surface area (Å²) >= 11 is 0. The van der Waals surface area contributed by atoms with Gasteiger partial charge in [-0.3, -0.25) is 9.59 Å². The molecule has 1 aliphatic carbocycles. The molecule has 7 nitrogen and oxygen atoms in total. The molecule has 0 saturated carbocycles. The number of hydrogen-bond acceptors (Lipinski definition) is 4. The Balaban J connectivity index is 1.55. The molecule has 0 atom stereocenters. The van der Waals surface area contributed by atoms with E-state index in [0.29, 0.717) is 0 Å². The van der Waals surface area contributed by atoms with E-state index in [1.807, 2.05) is 38.1 Å². The first-order valence-electron chi connectivity index (χ1n) is 10.7. The number of alkyl carbamates (subject to hydrolysis) is 1. The van der Waals surface area contributed by atoms with Gasteiger partial charge in [0.1, 0.15) is 13.2 Å². The summed E-state index contributed by atoms with van der Waals surface area (Å²) in [7, 11) is 0. The fourth-order valence-corrected chi connectivity index (χ4v) is 4.05. The van der Waals surface area contributed by atoms with Crippen LogP contribution >= 0.6 is 0 Å². The third-order valence-corrected chi connectivity index (χ3v) is 5.65. The van der Waals surface area contributed by atoms with Crippen molar-refractivity contribution in [2.24, 2.45) is 5.41 Å². The standard InChI is InChI=1S/C26H28N2O5/c1-4-13-28(15-24(30)31)23(29)14-26(2,3)17-27-25(32)33-16-22-20-11-7-5-9-18(20)19-10-6-8-12-21(19)22/h1,5-12,22H,13-17H2,2-3H3,(H,27,32)(H,30,31). The highest BCUT2D eigenvalue weighted by atomic mass is 16.5. The van der Waals surface area contributed by atoms with Crippen molar-refractivity contribution in [3.05, 3.63) is 59.7 Å². The van der Waals surface area contributed by atoms with Crippen LogP contribution in [0.1, 0.15) is 37.3 Å². The molecule has 0 unspecified atom stereocenters. The fraction of sp³-hybridized carbons (Fsp3) is 0.346. The van der Waals surface area contributed by atoms with Gasteiger partial charge >= 0.3 is 12.1 Å². The summed E-state index contributed by atoms with van der Waals surface area (Å²) < 4.78 is 5.53. The lowest BCUT2D eigenvalue weighted by molar-refractivity contribution is -0.144. The normalized spacial score (nSPS) is 12.3. The van der Waals surface area contributed by atoms with Crippen LogP contribution < -0.4 is 5.32 Å². The van der Waals surface area contributed by atoms with Gasteiger partial charge in [-0.15, -0.1) is 6.42 Å². The van der Waals surface area contributed by atoms with Crippen LogP contribution in [0.3, 0.4) is 0 Å². The molecule has 172 valence electrons. The summed E-state index contributed by atoms with van der Waals surface area (Å²) in [5, 5.41) is 11.7. The summed E-state index contributed by atoms with van der Waals surface area (Å²) in [5.74, 6) is 0.752. The molecule has 2 amide bonds. The molecule has 2 aromatic rings. The van der Waals surface area contributed by atoms with Crippen molar-refractivity contribution in [1.82, 2.24) is 10.2 Å². The highest BCUT2D eigenvalue weighted by Crippen LogP contribution is 2.44. The number of aliphatic carboxylic acids is 1. The molecule has 2 N–H and O–H groups in total. The van der Waals surface area contributed by atoms with Crippen LogP contribution in [0.2, 0.25) is 0 Å². The fourth-order valence-electron chi connectivity index (χ4n) is 4.05. The molecule has 7 heteroatoms. The molecule has 0 bridgehead atoms. The number of hydrogen-bond donors (Lipinski definition) is 2. The summed E-state index contributed by atoms with van der Waals surface area (Å²) in [6.45, 7) is 3.47. The molecular weight excluding hydrogens is 420 g/mol. The highest BCUT2D eigenvalue weighted by molar-refractivity contribution is 5.82. The van der Waals surface area contributed by atoms with Gasteiger partial charge in [0.25, 0.3) is 0 Å². The number of rotatable bonds is 9. The molecule has 0 aromatic heterocycles. The lowest BCUT2D eigenvalue weighted by atomic mass is 9.88. The Hall–Kier alpha value is -3.79. The van der Waals surface area contributed by atoms with E-state index in [2.05, 4.69) is 35.5 Å². The van der Waals surface area contributed by atoms with Crippen LogP contribution in [0.5, 0.6) is 0 Å². The number of carboxylic acid groups (broad SMARTS) is 1. The van der Waals surface area contributed by atoms with Gasteiger partial charge in [0, 0.05) is 18.9 Å². The third kappa shape index (κ3) is 5.92. The number of ether oxygens (including phenoxy) is 1. The predicted octanol–water partition coefficient (Wildman–Crippen LogP) is 3.49. The van der Waals surface area contributed by atoms with E-state index in [4.69, 9.17) is 16.3 Å². The second kappa shape index (κ2) is 10.2. The van der Waals surface area contributed by atoms with Crippen molar-refractivity contribution in [2.45, 2.75) is 26.2 Å². The van der Waals surface area contributed by atoms with Gasteiger partial charge < -0.3 is 20.1 Å². The monoisotopic (exact) mass is 448 g/mol. The minimum atomic E-state index is -1.13. The summed E-state index contributed by atoms with van der Waals surface area (Å²) in [6.07, 6.45) is 4.71. The molecule has 0 radical (unpaired) electrons. The molecule has 0 fully saturated rings. The lowest BCUT2D eigenvalue weighted by Crippen LogP contribution is -2.41. The minimum absolute atomic E-state index is 0.0333. The van der Waals surface area contributed by atoms with Crippen LogP contribution in [-0.4, -0.2) is 54.2 Å². The predicted molar refractivity (Wildman–Crippen MR) is 125 cm³/mol. The van der Waals surface area contributed by atoms with E-state index < -0.39 is 24.0 Å². The quantitative estimate of drug-likeness (QED) is 0.573. The molecule has 2 aromatic carbocycles. The van der Waals surface area contributed by atoms with E-state index in [1.165, 1.54) is 0 Å². The SMILES string of the molecule is C#CCN(CC(=O)O)C(=O)CC(C)(C)CNC(=O)OCC1c2ccccc2-c2ccccc21. The Morgan fingerprint density at radius 1 is 1.09 bits per heavy atom. The number of carbonyl (C=O) groups is 3. The smallest absolute Gasteiger partial charge is 0.407 e. The number of nitrogens with zero attached hydrogens (tertiary/aromatic N) is 1. The first-order valence-corrected chi connectivity index (χ1v) is 10.7. The molecular formula is C26H28N2O5. The van der Waals surface area contributed by atoms with Crippen molar-refractivity contribution in [3.63, 3.8) is 0 Å². The number of carbonyl (C=O) groups excluding carboxylic acids is 2. The first-order chi connectivity index (χ1) is 15.7. The lowest BCUT2D eigenvalue weighted by Gasteiger charge is -2.27. The zero-order valence-electron chi connectivity index (χ0n) is 18.8. The Kier molecular flexibility index (Phi) is 7.39. The molecule has 0 spiro atoms. The maximum absolute atomic E-state index is 12.5.